The zero-order valence-corrected chi connectivity index (χ0v) is 21.6. The molecule has 1 aliphatic heterocycles. The fourth-order valence-electron chi connectivity index (χ4n) is 3.91. The Bertz CT molecular complexity index is 1340. The fraction of sp³-hybridized carbons (Fsp3) is 0.154. The summed E-state index contributed by atoms with van der Waals surface area (Å²) in [4.78, 5) is 17.9. The number of aliphatic imine (C=N–C) groups is 1. The van der Waals surface area contributed by atoms with Crippen molar-refractivity contribution in [2.75, 3.05) is 0 Å². The molecule has 9 heteroatoms. The average Bonchev–Trinajstić information content (AvgIpc) is 2.78. The molecule has 1 aliphatic rings. The van der Waals surface area contributed by atoms with Crippen LogP contribution in [0.4, 0.5) is 13.2 Å². The topological polar surface area (TPSA) is 53.5 Å². The second kappa shape index (κ2) is 10.4. The van der Waals surface area contributed by atoms with Gasteiger partial charge in [-0.25, -0.2) is 13.2 Å². The predicted molar refractivity (Wildman–Crippen MR) is 139 cm³/mol. The summed E-state index contributed by atoms with van der Waals surface area (Å²) in [7, 11) is 0. The van der Waals surface area contributed by atoms with Crippen LogP contribution >= 0.6 is 34.2 Å². The number of amides is 1. The molecule has 0 aliphatic carbocycles. The van der Waals surface area contributed by atoms with E-state index in [0.717, 1.165) is 11.6 Å². The van der Waals surface area contributed by atoms with Crippen LogP contribution in [0.15, 0.2) is 76.9 Å². The van der Waals surface area contributed by atoms with Crippen LogP contribution < -0.4 is 10.6 Å². The van der Waals surface area contributed by atoms with Crippen molar-refractivity contribution in [1.29, 1.82) is 0 Å². The molecule has 2 N–H and O–H groups in total. The number of carbonyl (C=O) groups excluding carboxylic acids is 1. The standard InChI is InChI=1S/C26H20ClF3IN3O/c1-13(15-6-4-3-5-7-15)33-26(35)22-14(2)32-25(23-20(29)11-17(31)12-21(23)30)34-24(22)18-9-8-16(28)10-19(18)27/h3-13,24H,1-2H3,(H,32,34)(H,33,35)/t13-,24+/m1/s1. The van der Waals surface area contributed by atoms with Crippen LogP contribution in [-0.4, -0.2) is 11.7 Å². The van der Waals surface area contributed by atoms with Crippen LogP contribution in [0.2, 0.25) is 5.02 Å². The second-order valence-electron chi connectivity index (χ2n) is 8.06. The lowest BCUT2D eigenvalue weighted by Gasteiger charge is -2.28. The smallest absolute Gasteiger partial charge is 0.251 e. The van der Waals surface area contributed by atoms with Gasteiger partial charge in [0.25, 0.3) is 5.91 Å². The first-order chi connectivity index (χ1) is 16.7. The Labute approximate surface area is 219 Å². The summed E-state index contributed by atoms with van der Waals surface area (Å²) in [5, 5.41) is 5.86. The lowest BCUT2D eigenvalue weighted by atomic mass is 9.94. The molecular weight excluding hydrogens is 590 g/mol. The molecule has 35 heavy (non-hydrogen) atoms. The number of nitrogens with one attached hydrogen (secondary N) is 2. The molecule has 0 fully saturated rings. The van der Waals surface area contributed by atoms with Gasteiger partial charge in [0, 0.05) is 19.9 Å². The largest absolute Gasteiger partial charge is 0.346 e. The molecule has 0 saturated carbocycles. The first kappa shape index (κ1) is 25.2. The molecule has 0 spiro atoms. The van der Waals surface area contributed by atoms with Gasteiger partial charge in [-0.3, -0.25) is 9.79 Å². The van der Waals surface area contributed by atoms with Crippen molar-refractivity contribution in [2.24, 2.45) is 4.99 Å². The van der Waals surface area contributed by atoms with Gasteiger partial charge in [-0.05, 0) is 66.3 Å². The van der Waals surface area contributed by atoms with Gasteiger partial charge in [0.2, 0.25) is 0 Å². The molecule has 0 radical (unpaired) electrons. The summed E-state index contributed by atoms with van der Waals surface area (Å²) >= 11 is 8.14. The maximum atomic E-state index is 14.8. The third kappa shape index (κ3) is 5.38. The number of benzene rings is 3. The molecule has 0 aromatic heterocycles. The van der Waals surface area contributed by atoms with Gasteiger partial charge < -0.3 is 10.6 Å². The zero-order valence-electron chi connectivity index (χ0n) is 18.7. The van der Waals surface area contributed by atoms with Gasteiger partial charge in [-0.1, -0.05) is 48.0 Å². The molecule has 0 unspecified atom stereocenters. The van der Waals surface area contributed by atoms with Crippen LogP contribution in [0.25, 0.3) is 0 Å². The Morgan fingerprint density at radius 3 is 2.37 bits per heavy atom. The highest BCUT2D eigenvalue weighted by Gasteiger charge is 2.33. The molecule has 0 bridgehead atoms. The Morgan fingerprint density at radius 2 is 1.74 bits per heavy atom. The van der Waals surface area contributed by atoms with Gasteiger partial charge in [-0.15, -0.1) is 0 Å². The summed E-state index contributed by atoms with van der Waals surface area (Å²) in [5.41, 5.74) is 1.42. The minimum absolute atomic E-state index is 0.0396. The molecule has 4 nitrogen and oxygen atoms in total. The molecule has 3 aromatic carbocycles. The fourth-order valence-corrected chi connectivity index (χ4v) is 4.73. The van der Waals surface area contributed by atoms with Crippen LogP contribution in [0.5, 0.6) is 0 Å². The number of halogens is 5. The number of amidine groups is 1. The van der Waals surface area contributed by atoms with Gasteiger partial charge in [-0.2, -0.15) is 0 Å². The predicted octanol–water partition coefficient (Wildman–Crippen LogP) is 6.60. The minimum Gasteiger partial charge on any atom is -0.346 e. The summed E-state index contributed by atoms with van der Waals surface area (Å²) in [6.45, 7) is 3.45. The van der Waals surface area contributed by atoms with Crippen molar-refractivity contribution in [2.45, 2.75) is 25.9 Å². The number of hydrogen-bond acceptors (Lipinski definition) is 3. The molecule has 180 valence electrons. The van der Waals surface area contributed by atoms with E-state index in [1.807, 2.05) is 59.8 Å². The van der Waals surface area contributed by atoms with Crippen LogP contribution in [0.3, 0.4) is 0 Å². The van der Waals surface area contributed by atoms with Gasteiger partial charge in [0.1, 0.15) is 29.3 Å². The summed E-state index contributed by atoms with van der Waals surface area (Å²) in [6, 6.07) is 14.1. The molecule has 0 saturated heterocycles. The molecule has 2 atom stereocenters. The van der Waals surface area contributed by atoms with E-state index in [4.69, 9.17) is 11.6 Å². The summed E-state index contributed by atoms with van der Waals surface area (Å²) < 4.78 is 43.7. The number of hydrogen-bond donors (Lipinski definition) is 2. The molecular formula is C26H20ClF3IN3O. The van der Waals surface area contributed by atoms with E-state index in [0.29, 0.717) is 14.8 Å². The van der Waals surface area contributed by atoms with Gasteiger partial charge in [0.15, 0.2) is 0 Å². The molecule has 1 amide bonds. The third-order valence-corrected chi connectivity index (χ3v) is 6.58. The van der Waals surface area contributed by atoms with E-state index < -0.39 is 29.4 Å². The van der Waals surface area contributed by atoms with Crippen molar-refractivity contribution in [3.63, 3.8) is 0 Å². The maximum absolute atomic E-state index is 14.8. The van der Waals surface area contributed by atoms with E-state index in [1.54, 1.807) is 6.92 Å². The van der Waals surface area contributed by atoms with E-state index in [-0.39, 0.29) is 28.0 Å². The monoisotopic (exact) mass is 609 g/mol. The summed E-state index contributed by atoms with van der Waals surface area (Å²) in [5.74, 6) is -2.70. The van der Waals surface area contributed by atoms with Crippen LogP contribution in [0.1, 0.15) is 42.6 Å². The Morgan fingerprint density at radius 1 is 1.09 bits per heavy atom. The van der Waals surface area contributed by atoms with E-state index in [9.17, 15) is 18.0 Å². The summed E-state index contributed by atoms with van der Waals surface area (Å²) in [6.07, 6.45) is 0. The van der Waals surface area contributed by atoms with Crippen molar-refractivity contribution < 1.29 is 18.0 Å². The Balaban J connectivity index is 1.79. The number of rotatable bonds is 5. The SMILES string of the molecule is CC1=C(C(=O)N[C@H](C)c2ccccc2)[C@H](c2ccc(F)cc2Cl)N=C(c2c(F)cc(I)cc2F)N1. The number of allylic oxidation sites excluding steroid dienone is 1. The first-order valence-corrected chi connectivity index (χ1v) is 12.1. The third-order valence-electron chi connectivity index (χ3n) is 5.63. The Kier molecular flexibility index (Phi) is 7.51. The highest BCUT2D eigenvalue weighted by atomic mass is 127. The van der Waals surface area contributed by atoms with Gasteiger partial charge in [0.05, 0.1) is 17.2 Å². The van der Waals surface area contributed by atoms with Crippen molar-refractivity contribution in [3.05, 3.63) is 115 Å². The van der Waals surface area contributed by atoms with Crippen molar-refractivity contribution >= 4 is 45.9 Å². The lowest BCUT2D eigenvalue weighted by Crippen LogP contribution is -2.38. The van der Waals surface area contributed by atoms with Gasteiger partial charge >= 0.3 is 0 Å². The zero-order chi connectivity index (χ0) is 25.3. The Hall–Kier alpha value is -2.85. The average molecular weight is 610 g/mol. The second-order valence-corrected chi connectivity index (χ2v) is 9.71. The first-order valence-electron chi connectivity index (χ1n) is 10.7. The van der Waals surface area contributed by atoms with E-state index >= 15 is 0 Å². The molecule has 1 heterocycles. The lowest BCUT2D eigenvalue weighted by molar-refractivity contribution is -0.118. The van der Waals surface area contributed by atoms with E-state index in [2.05, 4.69) is 15.6 Å². The highest BCUT2D eigenvalue weighted by Crippen LogP contribution is 2.36. The quantitative estimate of drug-likeness (QED) is 0.320. The number of nitrogens with zero attached hydrogens (tertiary/aromatic N) is 1. The normalized spacial score (nSPS) is 16.4. The highest BCUT2D eigenvalue weighted by molar-refractivity contribution is 14.1. The van der Waals surface area contributed by atoms with Crippen LogP contribution in [-0.2, 0) is 4.79 Å². The van der Waals surface area contributed by atoms with Crippen molar-refractivity contribution in [3.8, 4) is 0 Å². The van der Waals surface area contributed by atoms with Crippen LogP contribution in [0, 0.1) is 21.0 Å². The van der Waals surface area contributed by atoms with E-state index in [1.165, 1.54) is 24.3 Å². The maximum Gasteiger partial charge on any atom is 0.251 e. The molecule has 3 aromatic rings. The van der Waals surface area contributed by atoms with Crippen molar-refractivity contribution in [1.82, 2.24) is 10.6 Å². The minimum atomic E-state index is -1.03. The number of carbonyl (C=O) groups is 1. The molecule has 4 rings (SSSR count).